The van der Waals surface area contributed by atoms with Crippen molar-refractivity contribution in [2.24, 2.45) is 0 Å². The van der Waals surface area contributed by atoms with Crippen LogP contribution in [0.25, 0.3) is 160 Å². The highest BCUT2D eigenvalue weighted by molar-refractivity contribution is 6.14. The Kier molecular flexibility index (Phi) is 21.1. The third-order valence-electron chi connectivity index (χ3n) is 31.1. The number of benzene rings is 23. The first-order valence-corrected chi connectivity index (χ1v) is 51.4. The van der Waals surface area contributed by atoms with Crippen LogP contribution in [0, 0.1) is 0 Å². The summed E-state index contributed by atoms with van der Waals surface area (Å²) in [5, 5.41) is 7.47. The van der Waals surface area contributed by atoms with Crippen LogP contribution < -0.4 is 19.4 Å². The lowest BCUT2D eigenvalue weighted by atomic mass is 9.64. The molecular formula is C142H98N6O. The minimum atomic E-state index is -0.496. The van der Waals surface area contributed by atoms with E-state index in [0.29, 0.717) is 0 Å². The number of hydrogen-bond donors (Lipinski definition) is 0. The molecule has 0 saturated carbocycles. The Morgan fingerprint density at radius 3 is 0.852 bits per heavy atom. The van der Waals surface area contributed by atoms with Gasteiger partial charge in [-0.25, -0.2) is 0 Å². The van der Waals surface area contributed by atoms with E-state index >= 15 is 0 Å². The molecule has 1 aliphatic carbocycles. The van der Waals surface area contributed by atoms with Crippen LogP contribution in [-0.2, 0) is 10.8 Å². The molecule has 3 aromatic heterocycles. The number of fused-ring (bicyclic) bond motifs is 22. The molecule has 1 spiro atoms. The van der Waals surface area contributed by atoms with Crippen molar-refractivity contribution >= 4 is 117 Å². The van der Waals surface area contributed by atoms with E-state index in [1.807, 2.05) is 18.2 Å². The van der Waals surface area contributed by atoms with Crippen molar-refractivity contribution in [2.75, 3.05) is 14.7 Å². The summed E-state index contributed by atoms with van der Waals surface area (Å²) in [5.74, 6) is 1.69. The zero-order chi connectivity index (χ0) is 98.8. The highest BCUT2D eigenvalue weighted by Gasteiger charge is 2.52. The van der Waals surface area contributed by atoms with Gasteiger partial charge in [-0.1, -0.05) is 384 Å². The van der Waals surface area contributed by atoms with Crippen LogP contribution in [0.5, 0.6) is 11.5 Å². The molecule has 149 heavy (non-hydrogen) atoms. The summed E-state index contributed by atoms with van der Waals surface area (Å²) >= 11 is 0. The van der Waals surface area contributed by atoms with Crippen molar-refractivity contribution in [3.05, 3.63) is 591 Å². The maximum atomic E-state index is 6.51. The molecule has 0 radical (unpaired) electrons. The maximum Gasteiger partial charge on any atom is 0.152 e. The van der Waals surface area contributed by atoms with Gasteiger partial charge < -0.3 is 33.1 Å². The number of nitrogens with zero attached hydrogens (tertiary/aromatic N) is 6. The van der Waals surface area contributed by atoms with Gasteiger partial charge in [0.05, 0.1) is 72.6 Å². The third kappa shape index (κ3) is 14.5. The van der Waals surface area contributed by atoms with Crippen molar-refractivity contribution < 1.29 is 4.74 Å². The fourth-order valence-corrected chi connectivity index (χ4v) is 24.3. The number of ether oxygens (including phenoxy) is 1. The van der Waals surface area contributed by atoms with Gasteiger partial charge in [-0.3, -0.25) is 0 Å². The number of para-hydroxylation sites is 10. The molecule has 7 nitrogen and oxygen atoms in total. The molecule has 0 amide bonds. The molecule has 4 aliphatic rings. The van der Waals surface area contributed by atoms with Gasteiger partial charge in [-0.05, 0) is 299 Å². The smallest absolute Gasteiger partial charge is 0.152 e. The monoisotopic (exact) mass is 1900 g/mol. The second-order valence-electron chi connectivity index (χ2n) is 39.7. The number of aromatic nitrogens is 3. The summed E-state index contributed by atoms with van der Waals surface area (Å²) in [6, 6.07) is 203. The Bertz CT molecular complexity index is 9700. The molecular weight excluding hydrogens is 1810 g/mol. The zero-order valence-corrected chi connectivity index (χ0v) is 82.2. The van der Waals surface area contributed by atoms with Gasteiger partial charge >= 0.3 is 0 Å². The van der Waals surface area contributed by atoms with Crippen LogP contribution in [-0.4, -0.2) is 13.7 Å². The SMILES string of the molecule is CC1(C)c2ccccc2N(c2ccccc2)c2ccc(-c3ccc4c(c3)c3ccccc3n4-c3cccc(-c4ccccc4)c3)cc21.c1ccc(-c2cccc(-n3c4ccccc4c4cc(-c5ccc6c(c5)C5(c7ccccc7-c7ccccc75)c5ccccc5N6c5ccccc5)ccc43)c2)cc1.c1ccc(-c2cccc(-n3c4ccccc4c4cc(-c5ccc6c(c5)Oc5ccccc5N6c5ccccc5)ccc43)c2)cc1. The lowest BCUT2D eigenvalue weighted by molar-refractivity contribution is 0.477. The molecule has 0 saturated heterocycles. The van der Waals surface area contributed by atoms with Crippen molar-refractivity contribution in [1.82, 2.24) is 13.7 Å². The fraction of sp³-hybridized carbons (Fsp3) is 0.0282. The zero-order valence-electron chi connectivity index (χ0n) is 82.2. The van der Waals surface area contributed by atoms with Crippen LogP contribution >= 0.6 is 0 Å². The molecule has 3 aliphatic heterocycles. The lowest BCUT2D eigenvalue weighted by Crippen LogP contribution is -2.36. The quantitative estimate of drug-likeness (QED) is 0.122. The molecule has 6 heterocycles. The summed E-state index contributed by atoms with van der Waals surface area (Å²) in [4.78, 5) is 7.15. The normalized spacial score (nSPS) is 13.0. The van der Waals surface area contributed by atoms with Gasteiger partial charge in [0.2, 0.25) is 0 Å². The minimum absolute atomic E-state index is 0.156. The van der Waals surface area contributed by atoms with E-state index in [0.717, 1.165) is 56.8 Å². The number of rotatable bonds is 12. The standard InChI is InChI=1S/C55H36N2.C45H34N2.C42H28N2O/c1-3-16-37(17-4-1)38-18-15-21-42(34-38)57-51-28-13-9-24-45(51)46-35-39(30-32-52(46)57)40-31-33-54-50(36-40)55(47-25-10-7-22-43(47)44-23-8-11-26-48(44)55)49-27-12-14-29-53(49)56(54)41-19-5-2-6-20-41;1-45(2)39-21-10-12-23-43(39)46(35-17-7-4-8-18-35)44-27-25-34(30-40(44)45)33-24-26-42-38(29-33)37-20-9-11-22-41(37)47(42)36-19-13-16-32(28-36)31-14-5-3-6-15-31;1-3-12-29(13-4-1)30-14-11-17-34(26-30)44-37-19-8-7-18-35(37)36-27-31(22-24-38(36)44)32-23-25-40-42(28-32)45-41-21-10-9-20-39(41)43(40)33-15-5-2-6-16-33/h1-36H;3-30H,1-2H3;1-28H. The predicted octanol–water partition coefficient (Wildman–Crippen LogP) is 38.2. The highest BCUT2D eigenvalue weighted by atomic mass is 16.5. The molecule has 0 atom stereocenters. The van der Waals surface area contributed by atoms with Gasteiger partial charge in [0.15, 0.2) is 11.5 Å². The van der Waals surface area contributed by atoms with E-state index in [2.05, 4.69) is 582 Å². The Morgan fingerprint density at radius 1 is 0.154 bits per heavy atom. The minimum Gasteiger partial charge on any atom is -0.453 e. The molecule has 0 N–H and O–H groups in total. The maximum absolute atomic E-state index is 6.51. The largest absolute Gasteiger partial charge is 0.453 e. The molecule has 30 rings (SSSR count). The van der Waals surface area contributed by atoms with Gasteiger partial charge in [-0.15, -0.1) is 0 Å². The fourth-order valence-electron chi connectivity index (χ4n) is 24.3. The van der Waals surface area contributed by atoms with E-state index in [1.165, 1.54) is 200 Å². The van der Waals surface area contributed by atoms with Crippen LogP contribution in [0.3, 0.4) is 0 Å². The van der Waals surface area contributed by atoms with E-state index in [-0.39, 0.29) is 5.41 Å². The van der Waals surface area contributed by atoms with E-state index in [1.54, 1.807) is 0 Å². The van der Waals surface area contributed by atoms with E-state index in [4.69, 9.17) is 4.74 Å². The Labute approximate surface area is 866 Å². The number of hydrogen-bond acceptors (Lipinski definition) is 4. The number of anilines is 9. The van der Waals surface area contributed by atoms with Crippen molar-refractivity contribution in [3.63, 3.8) is 0 Å². The van der Waals surface area contributed by atoms with Crippen molar-refractivity contribution in [3.8, 4) is 106 Å². The summed E-state index contributed by atoms with van der Waals surface area (Å²) in [5.41, 5.74) is 45.4. The topological polar surface area (TPSA) is 33.7 Å². The Balaban J connectivity index is 0.000000109. The molecule has 0 fully saturated rings. The van der Waals surface area contributed by atoms with E-state index in [9.17, 15) is 0 Å². The van der Waals surface area contributed by atoms with Crippen LogP contribution in [0.2, 0.25) is 0 Å². The molecule has 26 aromatic rings. The van der Waals surface area contributed by atoms with E-state index < -0.39 is 5.41 Å². The second-order valence-corrected chi connectivity index (χ2v) is 39.7. The molecule has 7 heteroatoms. The predicted molar refractivity (Wildman–Crippen MR) is 622 cm³/mol. The summed E-state index contributed by atoms with van der Waals surface area (Å²) in [7, 11) is 0. The summed E-state index contributed by atoms with van der Waals surface area (Å²) in [6.07, 6.45) is 0. The lowest BCUT2D eigenvalue weighted by Gasteiger charge is -2.45. The van der Waals surface area contributed by atoms with Gasteiger partial charge in [-0.2, -0.15) is 0 Å². The molecule has 0 bridgehead atoms. The highest BCUT2D eigenvalue weighted by Crippen LogP contribution is 2.65. The van der Waals surface area contributed by atoms with Gasteiger partial charge in [0, 0.05) is 71.9 Å². The Morgan fingerprint density at radius 2 is 0.423 bits per heavy atom. The molecule has 23 aromatic carbocycles. The van der Waals surface area contributed by atoms with Crippen LogP contribution in [0.4, 0.5) is 51.2 Å². The second kappa shape index (κ2) is 35.9. The van der Waals surface area contributed by atoms with Crippen molar-refractivity contribution in [1.29, 1.82) is 0 Å². The third-order valence-corrected chi connectivity index (χ3v) is 31.1. The molecule has 702 valence electrons. The van der Waals surface area contributed by atoms with Crippen LogP contribution in [0.15, 0.2) is 558 Å². The summed E-state index contributed by atoms with van der Waals surface area (Å²) in [6.45, 7) is 4.72. The summed E-state index contributed by atoms with van der Waals surface area (Å²) < 4.78 is 13.7. The first kappa shape index (κ1) is 87.5. The van der Waals surface area contributed by atoms with Gasteiger partial charge in [0.25, 0.3) is 0 Å². The molecule has 0 unspecified atom stereocenters. The van der Waals surface area contributed by atoms with Gasteiger partial charge in [0.1, 0.15) is 0 Å². The average Bonchev–Trinajstić information content (AvgIpc) is 1.56. The van der Waals surface area contributed by atoms with Crippen LogP contribution in [0.1, 0.15) is 47.2 Å². The van der Waals surface area contributed by atoms with Crippen molar-refractivity contribution in [2.45, 2.75) is 24.7 Å². The first-order valence-electron chi connectivity index (χ1n) is 51.4. The average molecular weight is 1900 g/mol. The first-order chi connectivity index (χ1) is 73.7. The Hall–Kier alpha value is -19.3.